The largest absolute Gasteiger partial charge is 0.396 e. The van der Waals surface area contributed by atoms with Gasteiger partial charge in [-0.05, 0) is 25.5 Å². The maximum Gasteiger partial charge on any atom is 0.0438 e. The number of aliphatic hydroxyl groups excluding tert-OH is 1. The molecule has 74 valence electrons. The summed E-state index contributed by atoms with van der Waals surface area (Å²) in [6.45, 7) is 5.81. The highest BCUT2D eigenvalue weighted by Crippen LogP contribution is 2.00. The lowest BCUT2D eigenvalue weighted by molar-refractivity contribution is 0.296. The Hall–Kier alpha value is 0.270. The summed E-state index contributed by atoms with van der Waals surface area (Å²) in [5.74, 6) is 2.24. The molecule has 0 fully saturated rings. The molecule has 0 aliphatic rings. The highest BCUT2D eigenvalue weighted by atomic mass is 32.2. The highest BCUT2D eigenvalue weighted by molar-refractivity contribution is 7.99. The fourth-order valence-electron chi connectivity index (χ4n) is 0.791. The number of thioether (sulfide) groups is 1. The second kappa shape index (κ2) is 9.36. The minimum Gasteiger partial charge on any atom is -0.396 e. The van der Waals surface area contributed by atoms with E-state index in [0.717, 1.165) is 24.5 Å². The predicted octanol–water partition coefficient (Wildman–Crippen LogP) is 1.49. The Kier molecular flexibility index (Phi) is 9.57. The summed E-state index contributed by atoms with van der Waals surface area (Å²) in [6.07, 6.45) is 2.12. The van der Waals surface area contributed by atoms with Crippen molar-refractivity contribution in [3.8, 4) is 0 Å². The minimum absolute atomic E-state index is 0.325. The third-order valence-electron chi connectivity index (χ3n) is 1.80. The van der Waals surface area contributed by atoms with Crippen molar-refractivity contribution in [1.82, 2.24) is 5.32 Å². The van der Waals surface area contributed by atoms with Gasteiger partial charge >= 0.3 is 0 Å². The van der Waals surface area contributed by atoms with E-state index in [1.54, 1.807) is 0 Å². The molecule has 0 aromatic rings. The van der Waals surface area contributed by atoms with E-state index in [2.05, 4.69) is 19.2 Å². The molecule has 0 aromatic heterocycles. The van der Waals surface area contributed by atoms with Crippen molar-refractivity contribution in [1.29, 1.82) is 0 Å². The van der Waals surface area contributed by atoms with Crippen LogP contribution in [0, 0.1) is 0 Å². The van der Waals surface area contributed by atoms with Crippen molar-refractivity contribution >= 4 is 11.8 Å². The van der Waals surface area contributed by atoms with Gasteiger partial charge in [0.2, 0.25) is 0 Å². The van der Waals surface area contributed by atoms with E-state index in [0.29, 0.717) is 12.6 Å². The molecule has 12 heavy (non-hydrogen) atoms. The Bertz CT molecular complexity index is 90.6. The summed E-state index contributed by atoms with van der Waals surface area (Å²) in [4.78, 5) is 0. The summed E-state index contributed by atoms with van der Waals surface area (Å²) in [7, 11) is 0. The van der Waals surface area contributed by atoms with Gasteiger partial charge in [-0.15, -0.1) is 0 Å². The lowest BCUT2D eigenvalue weighted by Gasteiger charge is -2.10. The van der Waals surface area contributed by atoms with Crippen LogP contribution in [0.5, 0.6) is 0 Å². The van der Waals surface area contributed by atoms with Gasteiger partial charge in [0.25, 0.3) is 0 Å². The van der Waals surface area contributed by atoms with Gasteiger partial charge in [0.1, 0.15) is 0 Å². The summed E-state index contributed by atoms with van der Waals surface area (Å²) >= 11 is 1.91. The number of aliphatic hydroxyl groups is 1. The summed E-state index contributed by atoms with van der Waals surface area (Å²) in [5.41, 5.74) is 0. The molecule has 0 rings (SSSR count). The van der Waals surface area contributed by atoms with Crippen molar-refractivity contribution in [2.75, 3.05) is 24.7 Å². The van der Waals surface area contributed by atoms with E-state index in [1.807, 2.05) is 11.8 Å². The third kappa shape index (κ3) is 8.37. The van der Waals surface area contributed by atoms with Crippen LogP contribution in [-0.4, -0.2) is 35.8 Å². The molecule has 0 spiro atoms. The molecule has 0 radical (unpaired) electrons. The maximum atomic E-state index is 8.52. The van der Waals surface area contributed by atoms with Crippen LogP contribution in [0.4, 0.5) is 0 Å². The average Bonchev–Trinajstić information content (AvgIpc) is 2.10. The van der Waals surface area contributed by atoms with Crippen LogP contribution < -0.4 is 5.32 Å². The van der Waals surface area contributed by atoms with E-state index in [4.69, 9.17) is 5.11 Å². The van der Waals surface area contributed by atoms with Crippen molar-refractivity contribution in [3.05, 3.63) is 0 Å². The second-order valence-electron chi connectivity index (χ2n) is 2.95. The predicted molar refractivity (Wildman–Crippen MR) is 56.8 cm³/mol. The number of hydrogen-bond donors (Lipinski definition) is 2. The Morgan fingerprint density at radius 1 is 1.42 bits per heavy atom. The van der Waals surface area contributed by atoms with Crippen molar-refractivity contribution in [2.45, 2.75) is 32.7 Å². The second-order valence-corrected chi connectivity index (χ2v) is 4.18. The number of hydrogen-bond acceptors (Lipinski definition) is 3. The van der Waals surface area contributed by atoms with Crippen LogP contribution in [0.25, 0.3) is 0 Å². The molecule has 0 bridgehead atoms. The zero-order valence-electron chi connectivity index (χ0n) is 8.18. The van der Waals surface area contributed by atoms with Crippen molar-refractivity contribution in [2.24, 2.45) is 0 Å². The normalized spacial score (nSPS) is 13.2. The molecule has 0 saturated carbocycles. The first-order valence-corrected chi connectivity index (χ1v) is 5.88. The van der Waals surface area contributed by atoms with Gasteiger partial charge < -0.3 is 10.4 Å². The van der Waals surface area contributed by atoms with Crippen LogP contribution in [0.2, 0.25) is 0 Å². The molecule has 1 atom stereocenters. The van der Waals surface area contributed by atoms with Gasteiger partial charge in [0.15, 0.2) is 0 Å². The Labute approximate surface area is 80.1 Å². The van der Waals surface area contributed by atoms with Crippen molar-refractivity contribution in [3.63, 3.8) is 0 Å². The molecular formula is C9H21NOS. The fraction of sp³-hybridized carbons (Fsp3) is 1.00. The zero-order valence-corrected chi connectivity index (χ0v) is 8.99. The minimum atomic E-state index is 0.325. The van der Waals surface area contributed by atoms with Crippen LogP contribution in [0.1, 0.15) is 26.7 Å². The lowest BCUT2D eigenvalue weighted by atomic mass is 10.3. The topological polar surface area (TPSA) is 32.3 Å². The third-order valence-corrected chi connectivity index (χ3v) is 2.87. The fourth-order valence-corrected chi connectivity index (χ4v) is 1.59. The van der Waals surface area contributed by atoms with Gasteiger partial charge in [-0.3, -0.25) is 0 Å². The zero-order chi connectivity index (χ0) is 9.23. The maximum absolute atomic E-state index is 8.52. The molecule has 0 heterocycles. The van der Waals surface area contributed by atoms with Gasteiger partial charge in [-0.1, -0.05) is 6.92 Å². The van der Waals surface area contributed by atoms with Crippen LogP contribution >= 0.6 is 11.8 Å². The van der Waals surface area contributed by atoms with E-state index < -0.39 is 0 Å². The average molecular weight is 191 g/mol. The van der Waals surface area contributed by atoms with Crippen LogP contribution in [-0.2, 0) is 0 Å². The monoisotopic (exact) mass is 191 g/mol. The van der Waals surface area contributed by atoms with Gasteiger partial charge in [0, 0.05) is 24.9 Å². The summed E-state index contributed by atoms with van der Waals surface area (Å²) in [6, 6.07) is 0.642. The van der Waals surface area contributed by atoms with Crippen LogP contribution in [0.15, 0.2) is 0 Å². The number of nitrogens with one attached hydrogen (secondary N) is 1. The molecular weight excluding hydrogens is 170 g/mol. The Morgan fingerprint density at radius 3 is 2.75 bits per heavy atom. The Balaban J connectivity index is 2.90. The van der Waals surface area contributed by atoms with Gasteiger partial charge in [0.05, 0.1) is 0 Å². The van der Waals surface area contributed by atoms with Crippen molar-refractivity contribution < 1.29 is 5.11 Å². The van der Waals surface area contributed by atoms with Crippen LogP contribution in [0.3, 0.4) is 0 Å². The summed E-state index contributed by atoms with van der Waals surface area (Å²) < 4.78 is 0. The highest BCUT2D eigenvalue weighted by Gasteiger charge is 1.95. The molecule has 1 unspecified atom stereocenters. The molecule has 0 aliphatic heterocycles. The molecule has 2 N–H and O–H groups in total. The molecule has 0 saturated heterocycles. The first kappa shape index (κ1) is 12.3. The smallest absolute Gasteiger partial charge is 0.0438 e. The molecule has 0 aliphatic carbocycles. The molecule has 0 aromatic carbocycles. The quantitative estimate of drug-likeness (QED) is 0.570. The first-order chi connectivity index (χ1) is 5.81. The van der Waals surface area contributed by atoms with E-state index in [-0.39, 0.29) is 0 Å². The van der Waals surface area contributed by atoms with E-state index in [1.165, 1.54) is 6.42 Å². The molecule has 0 amide bonds. The summed E-state index contributed by atoms with van der Waals surface area (Å²) in [5, 5.41) is 11.9. The van der Waals surface area contributed by atoms with Gasteiger partial charge in [-0.2, -0.15) is 11.8 Å². The standard InChI is InChI=1S/C9H21NOS/c1-3-9(2)10-5-8-12-7-4-6-11/h9-11H,3-8H2,1-2H3. The van der Waals surface area contributed by atoms with E-state index in [9.17, 15) is 0 Å². The number of rotatable bonds is 8. The molecule has 3 heteroatoms. The SMILES string of the molecule is CCC(C)NCCSCCCO. The van der Waals surface area contributed by atoms with Gasteiger partial charge in [-0.25, -0.2) is 0 Å². The van der Waals surface area contributed by atoms with E-state index >= 15 is 0 Å². The molecule has 2 nitrogen and oxygen atoms in total. The lowest BCUT2D eigenvalue weighted by Crippen LogP contribution is -2.27. The first-order valence-electron chi connectivity index (χ1n) is 4.73. The Morgan fingerprint density at radius 2 is 2.17 bits per heavy atom.